The van der Waals surface area contributed by atoms with Crippen molar-refractivity contribution in [1.29, 1.82) is 5.26 Å². The SMILES string of the molecule is COc1ccc(CC(=CC#N)c2ccc(OC)cc2)cc1. The molecule has 3 heteroatoms. The van der Waals surface area contributed by atoms with Gasteiger partial charge in [-0.15, -0.1) is 0 Å². The first kappa shape index (κ1) is 14.7. The van der Waals surface area contributed by atoms with Crippen LogP contribution in [-0.2, 0) is 6.42 Å². The predicted octanol–water partition coefficient (Wildman–Crippen LogP) is 3.85. The molecule has 0 amide bonds. The Balaban J connectivity index is 2.22. The number of nitriles is 1. The van der Waals surface area contributed by atoms with Gasteiger partial charge in [0.1, 0.15) is 11.5 Å². The van der Waals surface area contributed by atoms with E-state index in [1.807, 2.05) is 48.5 Å². The van der Waals surface area contributed by atoms with Gasteiger partial charge in [0.15, 0.2) is 0 Å². The zero-order valence-corrected chi connectivity index (χ0v) is 12.2. The van der Waals surface area contributed by atoms with E-state index < -0.39 is 0 Å². The van der Waals surface area contributed by atoms with E-state index in [2.05, 4.69) is 6.07 Å². The van der Waals surface area contributed by atoms with E-state index in [9.17, 15) is 0 Å². The minimum atomic E-state index is 0.698. The third-order valence-corrected chi connectivity index (χ3v) is 3.25. The Labute approximate surface area is 125 Å². The number of hydrogen-bond donors (Lipinski definition) is 0. The molecule has 0 aliphatic rings. The molecule has 0 aliphatic heterocycles. The number of methoxy groups -OCH3 is 2. The van der Waals surface area contributed by atoms with E-state index in [0.717, 1.165) is 28.2 Å². The van der Waals surface area contributed by atoms with Gasteiger partial charge in [-0.3, -0.25) is 0 Å². The highest BCUT2D eigenvalue weighted by atomic mass is 16.5. The first-order valence-electron chi connectivity index (χ1n) is 6.63. The van der Waals surface area contributed by atoms with Crippen LogP contribution in [0, 0.1) is 11.3 Å². The molecule has 0 heterocycles. The summed E-state index contributed by atoms with van der Waals surface area (Å²) in [6.45, 7) is 0. The Kier molecular flexibility index (Phi) is 5.00. The molecule has 0 bridgehead atoms. The smallest absolute Gasteiger partial charge is 0.118 e. The summed E-state index contributed by atoms with van der Waals surface area (Å²) in [5, 5.41) is 8.99. The van der Waals surface area contributed by atoms with Crippen LogP contribution in [0.5, 0.6) is 11.5 Å². The summed E-state index contributed by atoms with van der Waals surface area (Å²) < 4.78 is 10.3. The fourth-order valence-electron chi connectivity index (χ4n) is 2.08. The maximum Gasteiger partial charge on any atom is 0.118 e. The van der Waals surface area contributed by atoms with Crippen LogP contribution in [0.2, 0.25) is 0 Å². The molecule has 3 nitrogen and oxygen atoms in total. The van der Waals surface area contributed by atoms with Crippen molar-refractivity contribution in [3.8, 4) is 17.6 Å². The van der Waals surface area contributed by atoms with Crippen LogP contribution in [0.15, 0.2) is 54.6 Å². The summed E-state index contributed by atoms with van der Waals surface area (Å²) in [6, 6.07) is 17.7. The molecule has 0 aromatic heterocycles. The van der Waals surface area contributed by atoms with Crippen molar-refractivity contribution >= 4 is 5.57 Å². The van der Waals surface area contributed by atoms with Crippen molar-refractivity contribution in [2.45, 2.75) is 6.42 Å². The second-order valence-electron chi connectivity index (χ2n) is 4.55. The zero-order valence-electron chi connectivity index (χ0n) is 12.2. The third-order valence-electron chi connectivity index (χ3n) is 3.25. The number of nitrogens with zero attached hydrogens (tertiary/aromatic N) is 1. The van der Waals surface area contributed by atoms with Crippen LogP contribution in [-0.4, -0.2) is 14.2 Å². The standard InChI is InChI=1S/C18H17NO2/c1-20-17-7-3-14(4-8-17)13-16(11-12-19)15-5-9-18(21-2)10-6-15/h3-11H,13H2,1-2H3. The van der Waals surface area contributed by atoms with Crippen molar-refractivity contribution in [2.75, 3.05) is 14.2 Å². The zero-order chi connectivity index (χ0) is 15.1. The molecule has 2 aromatic carbocycles. The second-order valence-corrected chi connectivity index (χ2v) is 4.55. The third kappa shape index (κ3) is 3.87. The quantitative estimate of drug-likeness (QED) is 0.781. The molecule has 106 valence electrons. The molecule has 0 radical (unpaired) electrons. The molecular formula is C18H17NO2. The second kappa shape index (κ2) is 7.16. The molecule has 0 fully saturated rings. The molecule has 21 heavy (non-hydrogen) atoms. The van der Waals surface area contributed by atoms with Crippen LogP contribution in [0.4, 0.5) is 0 Å². The van der Waals surface area contributed by atoms with Crippen molar-refractivity contribution in [3.05, 3.63) is 65.7 Å². The van der Waals surface area contributed by atoms with Gasteiger partial charge in [-0.25, -0.2) is 0 Å². The van der Waals surface area contributed by atoms with Gasteiger partial charge in [0.25, 0.3) is 0 Å². The Bertz CT molecular complexity index is 649. The normalized spacial score (nSPS) is 10.8. The maximum atomic E-state index is 8.99. The van der Waals surface area contributed by atoms with Gasteiger partial charge in [-0.2, -0.15) is 5.26 Å². The molecule has 0 saturated heterocycles. The van der Waals surface area contributed by atoms with Gasteiger partial charge < -0.3 is 9.47 Å². The lowest BCUT2D eigenvalue weighted by Crippen LogP contribution is -1.92. The van der Waals surface area contributed by atoms with Gasteiger partial charge in [0.2, 0.25) is 0 Å². The minimum absolute atomic E-state index is 0.698. The maximum absolute atomic E-state index is 8.99. The molecule has 2 aromatic rings. The van der Waals surface area contributed by atoms with Crippen LogP contribution >= 0.6 is 0 Å². The van der Waals surface area contributed by atoms with E-state index in [0.29, 0.717) is 6.42 Å². The van der Waals surface area contributed by atoms with Crippen LogP contribution < -0.4 is 9.47 Å². The van der Waals surface area contributed by atoms with Crippen molar-refractivity contribution < 1.29 is 9.47 Å². The van der Waals surface area contributed by atoms with E-state index in [4.69, 9.17) is 14.7 Å². The largest absolute Gasteiger partial charge is 0.497 e. The summed E-state index contributed by atoms with van der Waals surface area (Å²) in [5.41, 5.74) is 3.13. The first-order chi connectivity index (χ1) is 10.3. The number of benzene rings is 2. The molecular weight excluding hydrogens is 262 g/mol. The topological polar surface area (TPSA) is 42.2 Å². The Morgan fingerprint density at radius 1 is 0.952 bits per heavy atom. The Morgan fingerprint density at radius 2 is 1.48 bits per heavy atom. The predicted molar refractivity (Wildman–Crippen MR) is 83.3 cm³/mol. The van der Waals surface area contributed by atoms with Crippen LogP contribution in [0.1, 0.15) is 11.1 Å². The number of rotatable bonds is 5. The van der Waals surface area contributed by atoms with Crippen molar-refractivity contribution in [2.24, 2.45) is 0 Å². The molecule has 2 rings (SSSR count). The summed E-state index contributed by atoms with van der Waals surface area (Å²) >= 11 is 0. The lowest BCUT2D eigenvalue weighted by Gasteiger charge is -2.09. The van der Waals surface area contributed by atoms with Crippen molar-refractivity contribution in [1.82, 2.24) is 0 Å². The molecule has 0 aliphatic carbocycles. The number of allylic oxidation sites excluding steroid dienone is 2. The molecule has 0 atom stereocenters. The highest BCUT2D eigenvalue weighted by Gasteiger charge is 2.04. The van der Waals surface area contributed by atoms with Crippen LogP contribution in [0.25, 0.3) is 5.57 Å². The van der Waals surface area contributed by atoms with Gasteiger partial charge in [-0.05, 0) is 47.4 Å². The number of hydrogen-bond acceptors (Lipinski definition) is 3. The summed E-state index contributed by atoms with van der Waals surface area (Å²) in [5.74, 6) is 1.63. The first-order valence-corrected chi connectivity index (χ1v) is 6.63. The van der Waals surface area contributed by atoms with Gasteiger partial charge in [0.05, 0.1) is 20.3 Å². The van der Waals surface area contributed by atoms with Gasteiger partial charge in [-0.1, -0.05) is 24.3 Å². The average molecular weight is 279 g/mol. The highest BCUT2D eigenvalue weighted by molar-refractivity contribution is 5.70. The fraction of sp³-hybridized carbons (Fsp3) is 0.167. The summed E-state index contributed by atoms with van der Waals surface area (Å²) in [7, 11) is 3.28. The Hall–Kier alpha value is -2.73. The molecule has 0 saturated carbocycles. The lowest BCUT2D eigenvalue weighted by molar-refractivity contribution is 0.414. The fourth-order valence-corrected chi connectivity index (χ4v) is 2.08. The van der Waals surface area contributed by atoms with E-state index in [1.54, 1.807) is 20.3 Å². The molecule has 0 spiro atoms. The highest BCUT2D eigenvalue weighted by Crippen LogP contribution is 2.23. The van der Waals surface area contributed by atoms with E-state index in [1.165, 1.54) is 0 Å². The van der Waals surface area contributed by atoms with E-state index in [-0.39, 0.29) is 0 Å². The van der Waals surface area contributed by atoms with E-state index >= 15 is 0 Å². The Morgan fingerprint density at radius 3 is 1.95 bits per heavy atom. The molecule has 0 N–H and O–H groups in total. The van der Waals surface area contributed by atoms with Crippen molar-refractivity contribution in [3.63, 3.8) is 0 Å². The van der Waals surface area contributed by atoms with Crippen LogP contribution in [0.3, 0.4) is 0 Å². The van der Waals surface area contributed by atoms with Gasteiger partial charge >= 0.3 is 0 Å². The number of ether oxygens (including phenoxy) is 2. The van der Waals surface area contributed by atoms with Gasteiger partial charge in [0, 0.05) is 6.08 Å². The minimum Gasteiger partial charge on any atom is -0.497 e. The average Bonchev–Trinajstić information content (AvgIpc) is 2.55. The lowest BCUT2D eigenvalue weighted by atomic mass is 9.98. The molecule has 0 unspecified atom stereocenters. The monoisotopic (exact) mass is 279 g/mol. The summed E-state index contributed by atoms with van der Waals surface area (Å²) in [6.07, 6.45) is 2.29. The summed E-state index contributed by atoms with van der Waals surface area (Å²) in [4.78, 5) is 0.